The summed E-state index contributed by atoms with van der Waals surface area (Å²) in [5, 5.41) is 0. The molecule has 0 saturated heterocycles. The molecule has 0 atom stereocenters. The molecule has 0 unspecified atom stereocenters. The molecule has 0 aromatic carbocycles. The molecule has 0 spiro atoms. The van der Waals surface area contributed by atoms with Crippen molar-refractivity contribution in [1.29, 1.82) is 0 Å². The first-order valence-corrected chi connectivity index (χ1v) is 21.7. The smallest absolute Gasteiger partial charge is 0.501 e. The van der Waals surface area contributed by atoms with Gasteiger partial charge in [-0.25, -0.2) is 0 Å². The maximum Gasteiger partial charge on any atom is 0.501 e. The first kappa shape index (κ1) is 46.5. The predicted octanol–water partition coefficient (Wildman–Crippen LogP) is 9.28. The van der Waals surface area contributed by atoms with E-state index in [1.54, 1.807) is 0 Å². The van der Waals surface area contributed by atoms with Gasteiger partial charge in [-0.15, -0.1) is 0 Å². The van der Waals surface area contributed by atoms with Crippen LogP contribution < -0.4 is 12.4 Å². The Morgan fingerprint density at radius 1 is 0.364 bits per heavy atom. The fourth-order valence-corrected chi connectivity index (χ4v) is 8.72. The van der Waals surface area contributed by atoms with Gasteiger partial charge in [-0.3, -0.25) is 0 Å². The molecule has 4 nitrogen and oxygen atoms in total. The number of rotatable bonds is 36. The molecule has 0 N–H and O–H groups in total. The Labute approximate surface area is 285 Å². The summed E-state index contributed by atoms with van der Waals surface area (Å²) in [6.07, 6.45) is 33.3. The van der Waals surface area contributed by atoms with E-state index in [4.69, 9.17) is 13.3 Å². The highest BCUT2D eigenvalue weighted by molar-refractivity contribution is 6.60. The monoisotopic (exact) mass is 664 g/mol. The summed E-state index contributed by atoms with van der Waals surface area (Å²) < 4.78 is 21.0. The highest BCUT2D eigenvalue weighted by atomic mass is 35.5. The van der Waals surface area contributed by atoms with Gasteiger partial charge in [0.15, 0.2) is 0 Å². The molecular weight excluding hydrogens is 582 g/mol. The van der Waals surface area contributed by atoms with E-state index in [-0.39, 0.29) is 12.4 Å². The fraction of sp³-hybridized carbons (Fsp3) is 1.00. The number of hydrogen-bond acceptors (Lipinski definition) is 3. The van der Waals surface area contributed by atoms with Gasteiger partial charge < -0.3 is 30.2 Å². The first-order valence-electron chi connectivity index (χ1n) is 19.8. The van der Waals surface area contributed by atoms with Crippen molar-refractivity contribution in [2.75, 3.05) is 46.5 Å². The second-order valence-corrected chi connectivity index (χ2v) is 16.6. The Morgan fingerprint density at radius 3 is 0.955 bits per heavy atom. The molecular formula is C38H82ClNO3Si. The standard InChI is InChI=1S/C38H82NO3Si.ClH/c1-7-12-17-19-21-23-25-27-29-32-39(6,33-30-28-26-24-22-20-18-13-8-2)34-31-38-43(40-35-14-9-3,41-36-15-10-4)42-37-16-11-5;/h7-38H2,1-6H3;1H/q+1;/p-1. The third-order valence-corrected chi connectivity index (χ3v) is 12.1. The third kappa shape index (κ3) is 28.6. The van der Waals surface area contributed by atoms with Crippen molar-refractivity contribution in [3.63, 3.8) is 0 Å². The quantitative estimate of drug-likeness (QED) is 0.0380. The fourth-order valence-electron chi connectivity index (χ4n) is 6.08. The van der Waals surface area contributed by atoms with E-state index in [2.05, 4.69) is 41.7 Å². The number of nitrogens with zero attached hydrogens (tertiary/aromatic N) is 1. The van der Waals surface area contributed by atoms with Gasteiger partial charge in [-0.2, -0.15) is 0 Å². The van der Waals surface area contributed by atoms with Crippen LogP contribution in [-0.2, 0) is 13.3 Å². The van der Waals surface area contributed by atoms with Gasteiger partial charge in [-0.05, 0) is 44.9 Å². The first-order chi connectivity index (χ1) is 21.0. The lowest BCUT2D eigenvalue weighted by Gasteiger charge is -2.36. The summed E-state index contributed by atoms with van der Waals surface area (Å²) in [6.45, 7) is 17.6. The molecule has 0 saturated carbocycles. The van der Waals surface area contributed by atoms with Crippen molar-refractivity contribution in [2.45, 2.75) is 201 Å². The van der Waals surface area contributed by atoms with Crippen molar-refractivity contribution >= 4 is 8.80 Å². The van der Waals surface area contributed by atoms with Crippen molar-refractivity contribution < 1.29 is 30.2 Å². The van der Waals surface area contributed by atoms with Crippen LogP contribution in [0.2, 0.25) is 6.04 Å². The minimum atomic E-state index is -2.64. The van der Waals surface area contributed by atoms with Crippen molar-refractivity contribution in [3.8, 4) is 0 Å². The van der Waals surface area contributed by atoms with Crippen molar-refractivity contribution in [1.82, 2.24) is 0 Å². The summed E-state index contributed by atoms with van der Waals surface area (Å²) in [5.41, 5.74) is 0. The Balaban J connectivity index is 0. The average molecular weight is 665 g/mol. The molecule has 0 aromatic heterocycles. The third-order valence-electron chi connectivity index (χ3n) is 9.24. The minimum absolute atomic E-state index is 0. The second kappa shape index (κ2) is 34.7. The van der Waals surface area contributed by atoms with Gasteiger partial charge in [0.1, 0.15) is 0 Å². The topological polar surface area (TPSA) is 27.7 Å². The summed E-state index contributed by atoms with van der Waals surface area (Å²) in [6, 6.07) is 0.980. The van der Waals surface area contributed by atoms with Crippen LogP contribution in [0.15, 0.2) is 0 Å². The maximum atomic E-state index is 6.59. The van der Waals surface area contributed by atoms with E-state index in [1.165, 1.54) is 140 Å². The molecule has 0 aromatic rings. The van der Waals surface area contributed by atoms with Crippen LogP contribution in [-0.4, -0.2) is 59.8 Å². The number of unbranched alkanes of at least 4 members (excludes halogenated alkanes) is 19. The van der Waals surface area contributed by atoms with Gasteiger partial charge in [0.25, 0.3) is 0 Å². The van der Waals surface area contributed by atoms with Crippen LogP contribution in [0.5, 0.6) is 0 Å². The minimum Gasteiger partial charge on any atom is -1.00 e. The highest BCUT2D eigenvalue weighted by Crippen LogP contribution is 2.23. The zero-order valence-electron chi connectivity index (χ0n) is 31.2. The average Bonchev–Trinajstić information content (AvgIpc) is 3.00. The molecule has 0 aliphatic carbocycles. The van der Waals surface area contributed by atoms with Gasteiger partial charge in [0.05, 0.1) is 26.7 Å². The second-order valence-electron chi connectivity index (χ2n) is 13.8. The van der Waals surface area contributed by atoms with Crippen LogP contribution in [0.1, 0.15) is 195 Å². The summed E-state index contributed by atoms with van der Waals surface area (Å²) >= 11 is 0. The molecule has 268 valence electrons. The van der Waals surface area contributed by atoms with E-state index < -0.39 is 8.80 Å². The van der Waals surface area contributed by atoms with Gasteiger partial charge in [0, 0.05) is 32.3 Å². The SMILES string of the molecule is CCCCCCCCCCC[N+](C)(CCCCCCCCCCC)CCC[Si](OCCCC)(OCCCC)OCCCC.[Cl-]. The molecule has 0 fully saturated rings. The van der Waals surface area contributed by atoms with E-state index in [1.807, 2.05) is 0 Å². The van der Waals surface area contributed by atoms with E-state index >= 15 is 0 Å². The maximum absolute atomic E-state index is 6.59. The normalized spacial score (nSPS) is 12.1. The summed E-state index contributed by atoms with van der Waals surface area (Å²) in [4.78, 5) is 0. The highest BCUT2D eigenvalue weighted by Gasteiger charge is 2.41. The molecule has 0 heterocycles. The predicted molar refractivity (Wildman–Crippen MR) is 193 cm³/mol. The molecule has 44 heavy (non-hydrogen) atoms. The van der Waals surface area contributed by atoms with Crippen molar-refractivity contribution in [2.24, 2.45) is 0 Å². The molecule has 0 bridgehead atoms. The van der Waals surface area contributed by atoms with E-state index in [9.17, 15) is 0 Å². The number of hydrogen-bond donors (Lipinski definition) is 0. The lowest BCUT2D eigenvalue weighted by atomic mass is 10.1. The zero-order chi connectivity index (χ0) is 31.7. The van der Waals surface area contributed by atoms with Crippen LogP contribution in [0.25, 0.3) is 0 Å². The number of quaternary nitrogens is 1. The van der Waals surface area contributed by atoms with Crippen LogP contribution in [0.3, 0.4) is 0 Å². The zero-order valence-corrected chi connectivity index (χ0v) is 32.9. The van der Waals surface area contributed by atoms with Gasteiger partial charge >= 0.3 is 8.80 Å². The largest absolute Gasteiger partial charge is 1.00 e. The molecule has 0 aliphatic rings. The molecule has 0 amide bonds. The number of halogens is 1. The lowest BCUT2D eigenvalue weighted by molar-refractivity contribution is -0.910. The Bertz CT molecular complexity index is 506. The van der Waals surface area contributed by atoms with Crippen molar-refractivity contribution in [3.05, 3.63) is 0 Å². The van der Waals surface area contributed by atoms with Crippen LogP contribution in [0, 0.1) is 0 Å². The lowest BCUT2D eigenvalue weighted by Crippen LogP contribution is -3.00. The Kier molecular flexibility index (Phi) is 36.6. The van der Waals surface area contributed by atoms with Gasteiger partial charge in [0.2, 0.25) is 0 Å². The molecule has 0 radical (unpaired) electrons. The van der Waals surface area contributed by atoms with E-state index in [0.29, 0.717) is 0 Å². The molecule has 0 rings (SSSR count). The summed E-state index contributed by atoms with van der Waals surface area (Å²) in [7, 11) is -0.0947. The summed E-state index contributed by atoms with van der Waals surface area (Å²) in [5.74, 6) is 0. The van der Waals surface area contributed by atoms with E-state index in [0.717, 1.165) is 70.8 Å². The molecule has 0 aliphatic heterocycles. The Morgan fingerprint density at radius 2 is 0.636 bits per heavy atom. The Hall–Kier alpha value is 0.347. The van der Waals surface area contributed by atoms with Gasteiger partial charge in [-0.1, -0.05) is 144 Å². The van der Waals surface area contributed by atoms with Crippen LogP contribution in [0.4, 0.5) is 0 Å². The molecule has 6 heteroatoms. The van der Waals surface area contributed by atoms with Crippen LogP contribution >= 0.6 is 0 Å².